The molecule has 7 atom stereocenters. The highest BCUT2D eigenvalue weighted by Gasteiger charge is 2.68. The van der Waals surface area contributed by atoms with Gasteiger partial charge in [0.1, 0.15) is 12.2 Å². The third kappa shape index (κ3) is 3.12. The van der Waals surface area contributed by atoms with E-state index < -0.39 is 5.79 Å². The molecule has 0 N–H and O–H groups in total. The summed E-state index contributed by atoms with van der Waals surface area (Å²) in [7, 11) is 0. The van der Waals surface area contributed by atoms with E-state index in [-0.39, 0.29) is 40.9 Å². The summed E-state index contributed by atoms with van der Waals surface area (Å²) in [6.45, 7) is 9.06. The zero-order valence-corrected chi connectivity index (χ0v) is 19.3. The van der Waals surface area contributed by atoms with E-state index in [1.165, 1.54) is 19.4 Å². The van der Waals surface area contributed by atoms with Gasteiger partial charge in [0.05, 0.1) is 13.2 Å². The van der Waals surface area contributed by atoms with Crippen LogP contribution in [0.4, 0.5) is 0 Å². The third-order valence-electron chi connectivity index (χ3n) is 9.50. The lowest BCUT2D eigenvalue weighted by atomic mass is 9.47. The molecule has 172 valence electrons. The molecule has 0 aromatic carbocycles. The Morgan fingerprint density at radius 3 is 2.29 bits per heavy atom. The molecule has 4 unspecified atom stereocenters. The normalized spacial score (nSPS) is 45.3. The molecule has 0 amide bonds. The Bertz CT molecular complexity index is 798. The van der Waals surface area contributed by atoms with Crippen LogP contribution < -0.4 is 0 Å². The maximum absolute atomic E-state index is 12.1. The monoisotopic (exact) mass is 432 g/mol. The molecule has 0 aromatic heterocycles. The molecule has 0 bridgehead atoms. The molecule has 1 saturated heterocycles. The predicted octanol–water partition coefficient (Wildman–Crippen LogP) is 4.17. The molecule has 1 aliphatic heterocycles. The molecule has 5 aliphatic rings. The lowest BCUT2D eigenvalue weighted by Crippen LogP contribution is -2.58. The third-order valence-corrected chi connectivity index (χ3v) is 9.50. The maximum Gasteiger partial charge on any atom is 0.303 e. The van der Waals surface area contributed by atoms with Crippen LogP contribution in [0.2, 0.25) is 0 Å². The molecule has 4 aliphatic carbocycles. The first-order valence-corrected chi connectivity index (χ1v) is 12.0. The zero-order chi connectivity index (χ0) is 22.0. The van der Waals surface area contributed by atoms with Crippen molar-refractivity contribution in [3.63, 3.8) is 0 Å². The van der Waals surface area contributed by atoms with Gasteiger partial charge in [0.15, 0.2) is 5.79 Å². The minimum atomic E-state index is -0.471. The molecular formula is C25H36O6. The van der Waals surface area contributed by atoms with Crippen molar-refractivity contribution in [2.75, 3.05) is 13.2 Å². The van der Waals surface area contributed by atoms with Crippen molar-refractivity contribution >= 4 is 11.9 Å². The number of carbonyl (C=O) groups excluding carboxylic acids is 2. The average molecular weight is 433 g/mol. The number of hydrogen-bond acceptors (Lipinski definition) is 6. The molecule has 6 nitrogen and oxygen atoms in total. The number of rotatable bonds is 2. The summed E-state index contributed by atoms with van der Waals surface area (Å²) >= 11 is 0. The molecule has 1 spiro atoms. The van der Waals surface area contributed by atoms with Crippen LogP contribution in [0.5, 0.6) is 0 Å². The van der Waals surface area contributed by atoms with Gasteiger partial charge in [-0.15, -0.1) is 0 Å². The van der Waals surface area contributed by atoms with E-state index in [1.807, 2.05) is 0 Å². The average Bonchev–Trinajstić information content (AvgIpc) is 3.28. The molecule has 5 rings (SSSR count). The number of fused-ring (bicyclic) bond motifs is 6. The van der Waals surface area contributed by atoms with Gasteiger partial charge in [-0.2, -0.15) is 0 Å². The summed E-state index contributed by atoms with van der Waals surface area (Å²) in [4.78, 5) is 23.6. The number of hydrogen-bond donors (Lipinski definition) is 0. The smallest absolute Gasteiger partial charge is 0.303 e. The van der Waals surface area contributed by atoms with Crippen LogP contribution in [-0.2, 0) is 28.5 Å². The van der Waals surface area contributed by atoms with E-state index in [4.69, 9.17) is 18.9 Å². The van der Waals surface area contributed by atoms with Crippen molar-refractivity contribution < 1.29 is 28.5 Å². The SMILES string of the molecule is CC(=O)OC1C=C2C[C@@H](OC(C)=O)CC[C@]2(C)C2CC[C@@]3(C)C(CCC34OCCO4)C12. The Kier molecular flexibility index (Phi) is 5.06. The Balaban J connectivity index is 1.51. The van der Waals surface area contributed by atoms with Crippen LogP contribution in [0.1, 0.15) is 72.6 Å². The molecule has 0 radical (unpaired) electrons. The lowest BCUT2D eigenvalue weighted by molar-refractivity contribution is -0.246. The highest BCUT2D eigenvalue weighted by molar-refractivity contribution is 5.67. The highest BCUT2D eigenvalue weighted by Crippen LogP contribution is 2.68. The van der Waals surface area contributed by atoms with Crippen molar-refractivity contribution in [1.82, 2.24) is 0 Å². The molecule has 1 heterocycles. The van der Waals surface area contributed by atoms with E-state index in [2.05, 4.69) is 19.9 Å². The molecule has 6 heteroatoms. The van der Waals surface area contributed by atoms with Gasteiger partial charge in [-0.25, -0.2) is 0 Å². The first kappa shape index (κ1) is 21.4. The van der Waals surface area contributed by atoms with Gasteiger partial charge < -0.3 is 18.9 Å². The zero-order valence-electron chi connectivity index (χ0n) is 19.3. The lowest BCUT2D eigenvalue weighted by Gasteiger charge is -2.60. The highest BCUT2D eigenvalue weighted by atomic mass is 16.7. The topological polar surface area (TPSA) is 71.1 Å². The fourth-order valence-corrected chi connectivity index (χ4v) is 8.12. The molecule has 0 aromatic rings. The Labute approximate surface area is 185 Å². The first-order chi connectivity index (χ1) is 14.7. The summed E-state index contributed by atoms with van der Waals surface area (Å²) in [5, 5.41) is 0. The van der Waals surface area contributed by atoms with Crippen LogP contribution in [0.15, 0.2) is 11.6 Å². The Morgan fingerprint density at radius 1 is 0.935 bits per heavy atom. The summed E-state index contributed by atoms with van der Waals surface area (Å²) in [6.07, 6.45) is 8.67. The van der Waals surface area contributed by atoms with E-state index >= 15 is 0 Å². The van der Waals surface area contributed by atoms with E-state index in [9.17, 15) is 9.59 Å². The predicted molar refractivity (Wildman–Crippen MR) is 113 cm³/mol. The second-order valence-electron chi connectivity index (χ2n) is 10.9. The fourth-order valence-electron chi connectivity index (χ4n) is 8.12. The molecule has 4 fully saturated rings. The van der Waals surface area contributed by atoms with Gasteiger partial charge in [-0.1, -0.05) is 19.4 Å². The van der Waals surface area contributed by atoms with Crippen molar-refractivity contribution in [3.8, 4) is 0 Å². The van der Waals surface area contributed by atoms with E-state index in [0.29, 0.717) is 25.0 Å². The number of ether oxygens (including phenoxy) is 4. The minimum absolute atomic E-state index is 0.0558. The standard InChI is InChI=1S/C25H36O6/c1-15(26)30-18-5-8-23(3)17(13-18)14-21(31-16(2)27)22-19(23)6-9-24(4)20(22)7-10-25(24)28-11-12-29-25/h14,18-22H,5-13H2,1-4H3/t18-,19?,20?,21?,22?,23-,24-/m0/s1. The van der Waals surface area contributed by atoms with E-state index in [1.54, 1.807) is 0 Å². The van der Waals surface area contributed by atoms with Crippen molar-refractivity contribution in [1.29, 1.82) is 0 Å². The van der Waals surface area contributed by atoms with Gasteiger partial charge in [-0.3, -0.25) is 9.59 Å². The second-order valence-corrected chi connectivity index (χ2v) is 10.9. The summed E-state index contributed by atoms with van der Waals surface area (Å²) in [5.41, 5.74) is 1.31. The summed E-state index contributed by atoms with van der Waals surface area (Å²) < 4.78 is 24.1. The van der Waals surface area contributed by atoms with Crippen molar-refractivity contribution in [3.05, 3.63) is 11.6 Å². The van der Waals surface area contributed by atoms with Crippen LogP contribution in [-0.4, -0.2) is 43.1 Å². The van der Waals surface area contributed by atoms with Gasteiger partial charge in [0.2, 0.25) is 0 Å². The molecular weight excluding hydrogens is 396 g/mol. The van der Waals surface area contributed by atoms with E-state index in [0.717, 1.165) is 44.9 Å². The van der Waals surface area contributed by atoms with Gasteiger partial charge >= 0.3 is 11.9 Å². The van der Waals surface area contributed by atoms with Crippen LogP contribution in [0.25, 0.3) is 0 Å². The van der Waals surface area contributed by atoms with Gasteiger partial charge in [-0.05, 0) is 55.4 Å². The first-order valence-electron chi connectivity index (χ1n) is 12.0. The van der Waals surface area contributed by atoms with Gasteiger partial charge in [0.25, 0.3) is 0 Å². The van der Waals surface area contributed by atoms with Crippen molar-refractivity contribution in [2.24, 2.45) is 28.6 Å². The second kappa shape index (κ2) is 7.31. The number of carbonyl (C=O) groups is 2. The molecule has 3 saturated carbocycles. The summed E-state index contributed by atoms with van der Waals surface area (Å²) in [6, 6.07) is 0. The fraction of sp³-hybridized carbons (Fsp3) is 0.840. The Hall–Kier alpha value is -1.40. The van der Waals surface area contributed by atoms with Crippen LogP contribution in [0, 0.1) is 28.6 Å². The van der Waals surface area contributed by atoms with Crippen LogP contribution in [0.3, 0.4) is 0 Å². The Morgan fingerprint density at radius 2 is 1.61 bits per heavy atom. The van der Waals surface area contributed by atoms with Crippen molar-refractivity contribution in [2.45, 2.75) is 90.6 Å². The number of esters is 2. The van der Waals surface area contributed by atoms with Crippen LogP contribution >= 0.6 is 0 Å². The summed E-state index contributed by atoms with van der Waals surface area (Å²) in [5.74, 6) is 0.195. The van der Waals surface area contributed by atoms with Gasteiger partial charge in [0, 0.05) is 38.0 Å². The maximum atomic E-state index is 12.1. The quantitative estimate of drug-likeness (QED) is 0.482. The molecule has 31 heavy (non-hydrogen) atoms. The largest absolute Gasteiger partial charge is 0.462 e. The minimum Gasteiger partial charge on any atom is -0.462 e.